The molecule has 1 aromatic carbocycles. The molecule has 1 aromatic rings. The molecule has 1 amide bonds. The van der Waals surface area contributed by atoms with Crippen LogP contribution in [0.4, 0.5) is 4.39 Å². The fraction of sp³-hybridized carbons (Fsp3) is 0.400. The fourth-order valence-corrected chi connectivity index (χ4v) is 2.00. The Morgan fingerprint density at radius 3 is 2.48 bits per heavy atom. The molecule has 1 rings (SSSR count). The molecule has 8 heteroatoms. The second kappa shape index (κ2) is 9.86. The first-order valence-electron chi connectivity index (χ1n) is 7.05. The smallest absolute Gasteiger partial charge is 0.238 e. The van der Waals surface area contributed by atoms with Crippen LogP contribution in [0, 0.1) is 5.82 Å². The Balaban J connectivity index is 2.27. The summed E-state index contributed by atoms with van der Waals surface area (Å²) in [6.45, 7) is 2.35. The summed E-state index contributed by atoms with van der Waals surface area (Å²) >= 11 is 4.99. The second-order valence-electron chi connectivity index (χ2n) is 4.93. The molecular weight excluding hydrogens is 321 g/mol. The summed E-state index contributed by atoms with van der Waals surface area (Å²) in [4.78, 5) is 23.5. The van der Waals surface area contributed by atoms with E-state index in [2.05, 4.69) is 16.2 Å². The Kier molecular flexibility index (Phi) is 8.14. The van der Waals surface area contributed by atoms with Crippen molar-refractivity contribution in [2.45, 2.75) is 25.8 Å². The van der Waals surface area contributed by atoms with Crippen molar-refractivity contribution < 1.29 is 18.7 Å². The number of ether oxygens (including phenoxy) is 1. The number of methoxy groups -OCH3 is 1. The number of amides is 1. The normalized spacial score (nSPS) is 11.4. The van der Waals surface area contributed by atoms with Crippen LogP contribution in [0.1, 0.15) is 30.1 Å². The molecule has 0 heterocycles. The molecule has 1 atom stereocenters. The van der Waals surface area contributed by atoms with Gasteiger partial charge in [-0.15, -0.1) is 0 Å². The van der Waals surface area contributed by atoms with Crippen molar-refractivity contribution in [3.05, 3.63) is 35.6 Å². The number of thiocarbonyl (C=S) groups is 1. The van der Waals surface area contributed by atoms with Crippen LogP contribution in [0.25, 0.3) is 0 Å². The van der Waals surface area contributed by atoms with Crippen molar-refractivity contribution in [2.75, 3.05) is 13.7 Å². The number of nitrogens with one attached hydrogen (secondary N) is 3. The van der Waals surface area contributed by atoms with Crippen LogP contribution in [0.3, 0.4) is 0 Å². The Hall–Kier alpha value is -2.06. The van der Waals surface area contributed by atoms with Gasteiger partial charge in [-0.3, -0.25) is 20.4 Å². The van der Waals surface area contributed by atoms with Crippen LogP contribution in [-0.4, -0.2) is 36.6 Å². The summed E-state index contributed by atoms with van der Waals surface area (Å²) in [6.07, 6.45) is 0.0266. The summed E-state index contributed by atoms with van der Waals surface area (Å²) < 4.78 is 17.7. The van der Waals surface area contributed by atoms with Gasteiger partial charge in [0, 0.05) is 31.6 Å². The van der Waals surface area contributed by atoms with Crippen LogP contribution in [0.5, 0.6) is 0 Å². The van der Waals surface area contributed by atoms with Crippen LogP contribution in [-0.2, 0) is 9.53 Å². The molecular formula is C15H20FN3O3S. The van der Waals surface area contributed by atoms with E-state index in [1.54, 1.807) is 7.11 Å². The van der Waals surface area contributed by atoms with Gasteiger partial charge in [-0.05, 0) is 43.4 Å². The van der Waals surface area contributed by atoms with Gasteiger partial charge in [-0.2, -0.15) is 0 Å². The topological polar surface area (TPSA) is 79.5 Å². The average molecular weight is 341 g/mol. The van der Waals surface area contributed by atoms with E-state index < -0.39 is 5.82 Å². The lowest BCUT2D eigenvalue weighted by Gasteiger charge is -2.16. The lowest BCUT2D eigenvalue weighted by molar-refractivity contribution is -0.121. The summed E-state index contributed by atoms with van der Waals surface area (Å²) in [6, 6.07) is 5.20. The average Bonchev–Trinajstić information content (AvgIpc) is 2.51. The molecule has 23 heavy (non-hydrogen) atoms. The molecule has 0 aliphatic rings. The van der Waals surface area contributed by atoms with Gasteiger partial charge in [0.05, 0.1) is 6.61 Å². The highest BCUT2D eigenvalue weighted by molar-refractivity contribution is 7.80. The van der Waals surface area contributed by atoms with Crippen LogP contribution >= 0.6 is 12.2 Å². The van der Waals surface area contributed by atoms with E-state index in [1.165, 1.54) is 24.3 Å². The van der Waals surface area contributed by atoms with E-state index in [9.17, 15) is 14.0 Å². The highest BCUT2D eigenvalue weighted by Gasteiger charge is 2.10. The van der Waals surface area contributed by atoms with Gasteiger partial charge in [-0.25, -0.2) is 4.39 Å². The maximum absolute atomic E-state index is 12.8. The standard InChI is InChI=1S/C15H20FN3O3S/c1-10(9-22-2)17-15(23)19-18-14(21)8-7-13(20)11-3-5-12(16)6-4-11/h3-6,10H,7-9H2,1-2H3,(H,18,21)(H2,17,19,23)/t10-/m0/s1. The van der Waals surface area contributed by atoms with Gasteiger partial charge in [0.2, 0.25) is 5.91 Å². The second-order valence-corrected chi connectivity index (χ2v) is 5.34. The molecule has 0 aromatic heterocycles. The van der Waals surface area contributed by atoms with Crippen molar-refractivity contribution in [2.24, 2.45) is 0 Å². The predicted molar refractivity (Wildman–Crippen MR) is 88.3 cm³/mol. The van der Waals surface area contributed by atoms with Crippen LogP contribution < -0.4 is 16.2 Å². The summed E-state index contributed by atoms with van der Waals surface area (Å²) in [7, 11) is 1.58. The fourth-order valence-electron chi connectivity index (χ4n) is 1.75. The molecule has 0 radical (unpaired) electrons. The van der Waals surface area contributed by atoms with Crippen molar-refractivity contribution in [3.8, 4) is 0 Å². The lowest BCUT2D eigenvalue weighted by Crippen LogP contribution is -2.49. The van der Waals surface area contributed by atoms with Crippen molar-refractivity contribution in [3.63, 3.8) is 0 Å². The van der Waals surface area contributed by atoms with E-state index in [0.29, 0.717) is 12.2 Å². The zero-order valence-corrected chi connectivity index (χ0v) is 13.8. The van der Waals surface area contributed by atoms with E-state index in [-0.39, 0.29) is 35.7 Å². The number of carbonyl (C=O) groups is 2. The number of Topliss-reactive ketones (excluding diaryl/α,β-unsaturated/α-hetero) is 1. The number of hydrogen-bond donors (Lipinski definition) is 3. The number of halogens is 1. The van der Waals surface area contributed by atoms with Gasteiger partial charge in [-0.1, -0.05) is 0 Å². The van der Waals surface area contributed by atoms with E-state index in [1.807, 2.05) is 6.92 Å². The maximum Gasteiger partial charge on any atom is 0.238 e. The van der Waals surface area contributed by atoms with E-state index in [4.69, 9.17) is 17.0 Å². The zero-order valence-electron chi connectivity index (χ0n) is 13.0. The Bertz CT molecular complexity index is 551. The maximum atomic E-state index is 12.8. The first-order valence-corrected chi connectivity index (χ1v) is 7.46. The summed E-state index contributed by atoms with van der Waals surface area (Å²) in [5, 5.41) is 3.17. The minimum absolute atomic E-state index is 0.000548. The lowest BCUT2D eigenvalue weighted by atomic mass is 10.1. The highest BCUT2D eigenvalue weighted by atomic mass is 32.1. The minimum atomic E-state index is -0.410. The molecule has 126 valence electrons. The minimum Gasteiger partial charge on any atom is -0.383 e. The first kappa shape index (κ1) is 19.0. The highest BCUT2D eigenvalue weighted by Crippen LogP contribution is 2.07. The Morgan fingerprint density at radius 1 is 1.22 bits per heavy atom. The monoisotopic (exact) mass is 341 g/mol. The molecule has 0 spiro atoms. The quantitative estimate of drug-likeness (QED) is 0.394. The largest absolute Gasteiger partial charge is 0.383 e. The zero-order chi connectivity index (χ0) is 17.2. The molecule has 3 N–H and O–H groups in total. The molecule has 6 nitrogen and oxygen atoms in total. The Labute approximate surface area is 139 Å². The van der Waals surface area contributed by atoms with E-state index >= 15 is 0 Å². The number of benzene rings is 1. The SMILES string of the molecule is COC[C@H](C)NC(=S)NNC(=O)CCC(=O)c1ccc(F)cc1. The molecule has 0 aliphatic carbocycles. The number of ketones is 1. The first-order chi connectivity index (χ1) is 10.9. The summed E-state index contributed by atoms with van der Waals surface area (Å²) in [5.41, 5.74) is 5.32. The molecule has 0 fully saturated rings. The van der Waals surface area contributed by atoms with Crippen LogP contribution in [0.2, 0.25) is 0 Å². The third-order valence-corrected chi connectivity index (χ3v) is 3.07. The summed E-state index contributed by atoms with van der Waals surface area (Å²) in [5.74, 6) is -1.01. The third kappa shape index (κ3) is 7.66. The third-order valence-electron chi connectivity index (χ3n) is 2.85. The van der Waals surface area contributed by atoms with Gasteiger partial charge in [0.15, 0.2) is 10.9 Å². The molecule has 0 saturated carbocycles. The van der Waals surface area contributed by atoms with Crippen LogP contribution in [0.15, 0.2) is 24.3 Å². The van der Waals surface area contributed by atoms with Gasteiger partial charge < -0.3 is 10.1 Å². The molecule has 0 bridgehead atoms. The number of carbonyl (C=O) groups excluding carboxylic acids is 2. The Morgan fingerprint density at radius 2 is 1.87 bits per heavy atom. The molecule has 0 aliphatic heterocycles. The predicted octanol–water partition coefficient (Wildman–Crippen LogP) is 1.32. The number of hydrazine groups is 1. The van der Waals surface area contributed by atoms with Crippen molar-refractivity contribution in [1.82, 2.24) is 16.2 Å². The van der Waals surface area contributed by atoms with Crippen molar-refractivity contribution in [1.29, 1.82) is 0 Å². The molecule has 0 unspecified atom stereocenters. The van der Waals surface area contributed by atoms with E-state index in [0.717, 1.165) is 0 Å². The number of rotatable bonds is 7. The van der Waals surface area contributed by atoms with Crippen molar-refractivity contribution >= 4 is 29.0 Å². The number of hydrogen-bond acceptors (Lipinski definition) is 4. The van der Waals surface area contributed by atoms with Gasteiger partial charge in [0.1, 0.15) is 5.82 Å². The van der Waals surface area contributed by atoms with Gasteiger partial charge in [0.25, 0.3) is 0 Å². The van der Waals surface area contributed by atoms with Gasteiger partial charge >= 0.3 is 0 Å². The molecule has 0 saturated heterocycles.